The number of carbonyl (C=O) groups is 2. The van der Waals surface area contributed by atoms with Crippen LogP contribution < -0.4 is 5.32 Å². The van der Waals surface area contributed by atoms with E-state index < -0.39 is 11.9 Å². The number of rotatable bonds is 5. The smallest absolute Gasteiger partial charge is 0.322 e. The molecule has 32 heavy (non-hydrogen) atoms. The number of nitrogens with one attached hydrogen (secondary N) is 1. The van der Waals surface area contributed by atoms with Gasteiger partial charge in [-0.05, 0) is 18.2 Å². The first kappa shape index (κ1) is 22.3. The summed E-state index contributed by atoms with van der Waals surface area (Å²) in [5, 5.41) is 8.43. The molecule has 0 radical (unpaired) electrons. The van der Waals surface area contributed by atoms with Gasteiger partial charge in [0, 0.05) is 31.3 Å². The van der Waals surface area contributed by atoms with Crippen molar-refractivity contribution in [1.29, 1.82) is 0 Å². The van der Waals surface area contributed by atoms with E-state index in [9.17, 15) is 14.0 Å². The van der Waals surface area contributed by atoms with Crippen LogP contribution in [0.15, 0.2) is 30.9 Å². The second kappa shape index (κ2) is 9.27. The summed E-state index contributed by atoms with van der Waals surface area (Å²) in [4.78, 5) is 33.1. The van der Waals surface area contributed by atoms with Gasteiger partial charge in [-0.25, -0.2) is 14.2 Å². The molecule has 4 rings (SSSR count). The van der Waals surface area contributed by atoms with Gasteiger partial charge < -0.3 is 15.0 Å². The lowest BCUT2D eigenvalue weighted by atomic mass is 10.1. The molecule has 2 aliphatic rings. The van der Waals surface area contributed by atoms with Gasteiger partial charge in [0.25, 0.3) is 5.91 Å². The average Bonchev–Trinajstić information content (AvgIpc) is 3.07. The zero-order chi connectivity index (χ0) is 22.8. The second-order valence-electron chi connectivity index (χ2n) is 7.54. The van der Waals surface area contributed by atoms with Crippen LogP contribution >= 0.6 is 11.6 Å². The van der Waals surface area contributed by atoms with Crippen molar-refractivity contribution in [3.8, 4) is 0 Å². The van der Waals surface area contributed by atoms with Gasteiger partial charge in [-0.1, -0.05) is 17.7 Å². The third kappa shape index (κ3) is 4.47. The highest BCUT2D eigenvalue weighted by atomic mass is 35.5. The molecule has 170 valence electrons. The lowest BCUT2D eigenvalue weighted by Gasteiger charge is -2.27. The number of benzene rings is 1. The van der Waals surface area contributed by atoms with E-state index in [2.05, 4.69) is 17.0 Å². The summed E-state index contributed by atoms with van der Waals surface area (Å²) >= 11 is 5.79. The maximum Gasteiger partial charge on any atom is 0.322 e. The van der Waals surface area contributed by atoms with Crippen LogP contribution in [0.25, 0.3) is 0 Å². The van der Waals surface area contributed by atoms with Gasteiger partial charge in [0.1, 0.15) is 17.6 Å². The molecular formula is C21H23ClFN5O4. The Bertz CT molecular complexity index is 1060. The van der Waals surface area contributed by atoms with Crippen molar-refractivity contribution in [1.82, 2.24) is 19.7 Å². The van der Waals surface area contributed by atoms with E-state index in [1.807, 2.05) is 0 Å². The number of fused-ring (bicyclic) bond motifs is 3. The monoisotopic (exact) mass is 463 g/mol. The molecule has 9 nitrogen and oxygen atoms in total. The van der Waals surface area contributed by atoms with E-state index in [1.165, 1.54) is 23.3 Å². The number of carbonyl (C=O) groups excluding carboxylic acids is 2. The standard InChI is InChI=1S/C21H23ClFN5O4/c1-3-8-31-12-14-10-28-19(20(29)26(2)32-14)15-11-27(7-6-18(15)25-28)21(30)24-13-4-5-17(23)16(22)9-13/h3-5,9,14H,1,6-8,10-12H2,2H3,(H,24,30). The van der Waals surface area contributed by atoms with Gasteiger partial charge in [0.05, 0.1) is 37.0 Å². The first-order valence-electron chi connectivity index (χ1n) is 10.1. The molecule has 0 spiro atoms. The van der Waals surface area contributed by atoms with E-state index >= 15 is 0 Å². The van der Waals surface area contributed by atoms with Crippen LogP contribution in [0.3, 0.4) is 0 Å². The Kier molecular flexibility index (Phi) is 6.45. The summed E-state index contributed by atoms with van der Waals surface area (Å²) in [5.74, 6) is -0.898. The van der Waals surface area contributed by atoms with Crippen molar-refractivity contribution < 1.29 is 23.6 Å². The molecule has 2 aromatic rings. The summed E-state index contributed by atoms with van der Waals surface area (Å²) in [5.41, 5.74) is 2.25. The molecule has 1 N–H and O–H groups in total. The van der Waals surface area contributed by atoms with Gasteiger partial charge >= 0.3 is 6.03 Å². The Morgan fingerprint density at radius 2 is 2.31 bits per heavy atom. The first-order chi connectivity index (χ1) is 15.4. The fourth-order valence-electron chi connectivity index (χ4n) is 3.76. The topological polar surface area (TPSA) is 88.9 Å². The van der Waals surface area contributed by atoms with Crippen molar-refractivity contribution in [3.05, 3.63) is 58.6 Å². The number of ether oxygens (including phenoxy) is 1. The first-order valence-corrected chi connectivity index (χ1v) is 10.5. The zero-order valence-corrected chi connectivity index (χ0v) is 18.3. The number of aromatic nitrogens is 2. The fraction of sp³-hybridized carbons (Fsp3) is 0.381. The van der Waals surface area contributed by atoms with Crippen LogP contribution in [-0.4, -0.2) is 64.6 Å². The summed E-state index contributed by atoms with van der Waals surface area (Å²) in [6.45, 7) is 5.26. The van der Waals surface area contributed by atoms with Crippen LogP contribution in [0.5, 0.6) is 0 Å². The Balaban J connectivity index is 1.52. The third-order valence-corrected chi connectivity index (χ3v) is 5.56. The molecule has 0 saturated carbocycles. The zero-order valence-electron chi connectivity index (χ0n) is 17.5. The highest BCUT2D eigenvalue weighted by Gasteiger charge is 2.35. The van der Waals surface area contributed by atoms with Gasteiger partial charge in [-0.3, -0.25) is 14.3 Å². The fourth-order valence-corrected chi connectivity index (χ4v) is 3.94. The second-order valence-corrected chi connectivity index (χ2v) is 7.95. The molecule has 1 aromatic carbocycles. The van der Waals surface area contributed by atoms with Crippen LogP contribution in [0.1, 0.15) is 21.7 Å². The summed E-state index contributed by atoms with van der Waals surface area (Å²) < 4.78 is 20.5. The molecule has 0 saturated heterocycles. The molecule has 1 aromatic heterocycles. The minimum absolute atomic E-state index is 0.0778. The third-order valence-electron chi connectivity index (χ3n) is 5.27. The molecule has 0 fully saturated rings. The van der Waals surface area contributed by atoms with Crippen LogP contribution in [0.2, 0.25) is 5.02 Å². The summed E-state index contributed by atoms with van der Waals surface area (Å²) in [6.07, 6.45) is 1.75. The maximum atomic E-state index is 13.4. The predicted octanol–water partition coefficient (Wildman–Crippen LogP) is 2.85. The molecule has 11 heteroatoms. The Labute approximate surface area is 189 Å². The molecular weight excluding hydrogens is 441 g/mol. The van der Waals surface area contributed by atoms with E-state index in [0.717, 1.165) is 5.69 Å². The number of halogens is 2. The number of hydroxylamine groups is 2. The van der Waals surface area contributed by atoms with E-state index in [0.29, 0.717) is 43.1 Å². The molecule has 3 amide bonds. The van der Waals surface area contributed by atoms with Crippen molar-refractivity contribution >= 4 is 29.2 Å². The number of nitrogens with zero attached hydrogens (tertiary/aromatic N) is 4. The van der Waals surface area contributed by atoms with E-state index in [1.54, 1.807) is 22.7 Å². The number of amides is 3. The number of hydrogen-bond acceptors (Lipinski definition) is 5. The lowest BCUT2D eigenvalue weighted by Crippen LogP contribution is -2.39. The summed E-state index contributed by atoms with van der Waals surface area (Å²) in [6, 6.07) is 3.60. The SMILES string of the molecule is C=CCOCC1Cn2nc3c(c2C(=O)N(C)O1)CN(C(=O)Nc1ccc(F)c(Cl)c1)CC3. The molecule has 0 aliphatic carbocycles. The largest absolute Gasteiger partial charge is 0.375 e. The highest BCUT2D eigenvalue weighted by Crippen LogP contribution is 2.27. The number of anilines is 1. The minimum atomic E-state index is -0.562. The average molecular weight is 464 g/mol. The van der Waals surface area contributed by atoms with E-state index in [-0.39, 0.29) is 30.1 Å². The summed E-state index contributed by atoms with van der Waals surface area (Å²) in [7, 11) is 1.55. The minimum Gasteiger partial charge on any atom is -0.375 e. The van der Waals surface area contributed by atoms with Crippen molar-refractivity contribution in [2.45, 2.75) is 25.6 Å². The van der Waals surface area contributed by atoms with Crippen molar-refractivity contribution in [2.24, 2.45) is 0 Å². The molecule has 1 atom stereocenters. The highest BCUT2D eigenvalue weighted by molar-refractivity contribution is 6.31. The predicted molar refractivity (Wildman–Crippen MR) is 115 cm³/mol. The van der Waals surface area contributed by atoms with Gasteiger partial charge in [-0.2, -0.15) is 5.10 Å². The van der Waals surface area contributed by atoms with Crippen LogP contribution in [0.4, 0.5) is 14.9 Å². The van der Waals surface area contributed by atoms with Crippen molar-refractivity contribution in [2.75, 3.05) is 32.1 Å². The maximum absolute atomic E-state index is 13.4. The van der Waals surface area contributed by atoms with Crippen LogP contribution in [0, 0.1) is 5.82 Å². The Hall–Kier alpha value is -2.95. The number of urea groups is 1. The molecule has 0 bridgehead atoms. The Morgan fingerprint density at radius 3 is 3.06 bits per heavy atom. The van der Waals surface area contributed by atoms with Gasteiger partial charge in [-0.15, -0.1) is 6.58 Å². The molecule has 2 aliphatic heterocycles. The lowest BCUT2D eigenvalue weighted by molar-refractivity contribution is -0.164. The molecule has 1 unspecified atom stereocenters. The van der Waals surface area contributed by atoms with Gasteiger partial charge in [0.15, 0.2) is 0 Å². The quantitative estimate of drug-likeness (QED) is 0.544. The normalized spacial score (nSPS) is 18.1. The Morgan fingerprint density at radius 1 is 1.50 bits per heavy atom. The van der Waals surface area contributed by atoms with Crippen LogP contribution in [-0.2, 0) is 29.1 Å². The number of hydrogen-bond donors (Lipinski definition) is 1. The van der Waals surface area contributed by atoms with E-state index in [4.69, 9.17) is 21.2 Å². The van der Waals surface area contributed by atoms with Gasteiger partial charge in [0.2, 0.25) is 0 Å². The molecule has 3 heterocycles. The van der Waals surface area contributed by atoms with Crippen molar-refractivity contribution in [3.63, 3.8) is 0 Å².